The van der Waals surface area contributed by atoms with Crippen molar-refractivity contribution in [1.82, 2.24) is 0 Å². The summed E-state index contributed by atoms with van der Waals surface area (Å²) in [6, 6.07) is 0. The molecule has 0 amide bonds. The van der Waals surface area contributed by atoms with Crippen molar-refractivity contribution < 1.29 is 0 Å². The minimum absolute atomic E-state index is 1.02. The number of allylic oxidation sites excluding steroid dienone is 9. The first-order chi connectivity index (χ1) is 7.62. The first-order valence-electron chi connectivity index (χ1n) is 5.53. The molecule has 1 rings (SSSR count). The summed E-state index contributed by atoms with van der Waals surface area (Å²) in [5.74, 6) is 0. The lowest BCUT2D eigenvalue weighted by molar-refractivity contribution is 1.20. The van der Waals surface area contributed by atoms with Gasteiger partial charge in [-0.2, -0.15) is 0 Å². The predicted molar refractivity (Wildman–Crippen MR) is 75.4 cm³/mol. The quantitative estimate of drug-likeness (QED) is 0.558. The fraction of sp³-hybridized carbons (Fsp3) is 0.250. The summed E-state index contributed by atoms with van der Waals surface area (Å²) in [4.78, 5) is 0. The fourth-order valence-electron chi connectivity index (χ4n) is 1.63. The van der Waals surface area contributed by atoms with E-state index in [9.17, 15) is 0 Å². The van der Waals surface area contributed by atoms with Crippen molar-refractivity contribution in [3.8, 4) is 0 Å². The van der Waals surface area contributed by atoms with E-state index in [4.69, 9.17) is 0 Å². The van der Waals surface area contributed by atoms with Crippen molar-refractivity contribution in [2.45, 2.75) is 27.2 Å². The van der Waals surface area contributed by atoms with Gasteiger partial charge in [0.2, 0.25) is 0 Å². The van der Waals surface area contributed by atoms with Gasteiger partial charge in [-0.15, -0.1) is 6.58 Å². The molecular weight excluding hydrogens is 192 g/mol. The Kier molecular flexibility index (Phi) is 6.95. The normalized spacial score (nSPS) is 17.7. The largest absolute Gasteiger partial charge is 0.103 e. The van der Waals surface area contributed by atoms with Crippen LogP contribution in [-0.2, 0) is 0 Å². The Morgan fingerprint density at radius 2 is 1.75 bits per heavy atom. The van der Waals surface area contributed by atoms with Crippen molar-refractivity contribution in [2.24, 2.45) is 0 Å². The van der Waals surface area contributed by atoms with Crippen molar-refractivity contribution in [3.63, 3.8) is 0 Å². The zero-order valence-corrected chi connectivity index (χ0v) is 10.7. The van der Waals surface area contributed by atoms with Gasteiger partial charge in [0.1, 0.15) is 0 Å². The number of rotatable bonds is 2. The molecule has 0 aromatic carbocycles. The Balaban J connectivity index is 0.000000673. The molecule has 0 aliphatic heterocycles. The maximum atomic E-state index is 4.08. The van der Waals surface area contributed by atoms with Gasteiger partial charge >= 0.3 is 0 Å². The Bertz CT molecular complexity index is 359. The van der Waals surface area contributed by atoms with Crippen LogP contribution in [0.1, 0.15) is 27.2 Å². The molecule has 1 aliphatic rings. The fourth-order valence-corrected chi connectivity index (χ4v) is 1.63. The highest BCUT2D eigenvalue weighted by Gasteiger charge is 2.16. The molecule has 0 bridgehead atoms. The van der Waals surface area contributed by atoms with Gasteiger partial charge in [-0.3, -0.25) is 0 Å². The average molecular weight is 214 g/mol. The Morgan fingerprint density at radius 1 is 1.19 bits per heavy atom. The lowest BCUT2D eigenvalue weighted by Crippen LogP contribution is -1.80. The summed E-state index contributed by atoms with van der Waals surface area (Å²) < 4.78 is 0. The van der Waals surface area contributed by atoms with Crippen LogP contribution in [0.5, 0.6) is 0 Å². The molecule has 0 saturated heterocycles. The van der Waals surface area contributed by atoms with Crippen LogP contribution in [0.3, 0.4) is 0 Å². The second-order valence-electron chi connectivity index (χ2n) is 3.69. The molecule has 0 radical (unpaired) electrons. The molecule has 0 aromatic rings. The van der Waals surface area contributed by atoms with Crippen molar-refractivity contribution in [1.29, 1.82) is 0 Å². The van der Waals surface area contributed by atoms with Crippen LogP contribution in [-0.4, -0.2) is 0 Å². The highest BCUT2D eigenvalue weighted by atomic mass is 14.2. The van der Waals surface area contributed by atoms with E-state index in [0.717, 1.165) is 12.0 Å². The Labute approximate surface area is 100 Å². The molecule has 0 unspecified atom stereocenters. The van der Waals surface area contributed by atoms with Gasteiger partial charge in [0.15, 0.2) is 0 Å². The van der Waals surface area contributed by atoms with Gasteiger partial charge in [0, 0.05) is 0 Å². The minimum atomic E-state index is 1.02. The van der Waals surface area contributed by atoms with E-state index in [0.29, 0.717) is 0 Å². The van der Waals surface area contributed by atoms with Gasteiger partial charge in [0.05, 0.1) is 0 Å². The molecule has 0 saturated carbocycles. The van der Waals surface area contributed by atoms with Gasteiger partial charge in [-0.1, -0.05) is 49.1 Å². The third-order valence-corrected chi connectivity index (χ3v) is 2.28. The van der Waals surface area contributed by atoms with Crippen molar-refractivity contribution in [2.75, 3.05) is 0 Å². The molecule has 0 atom stereocenters. The molecule has 86 valence electrons. The highest BCUT2D eigenvalue weighted by molar-refractivity contribution is 5.59. The summed E-state index contributed by atoms with van der Waals surface area (Å²) in [7, 11) is 0. The van der Waals surface area contributed by atoms with Crippen LogP contribution >= 0.6 is 0 Å². The van der Waals surface area contributed by atoms with Crippen LogP contribution in [0.2, 0.25) is 0 Å². The Hall–Kier alpha value is -1.56. The first kappa shape index (κ1) is 14.4. The van der Waals surface area contributed by atoms with Gasteiger partial charge in [0.25, 0.3) is 0 Å². The predicted octanol–water partition coefficient (Wildman–Crippen LogP) is 5.14. The molecule has 1 aliphatic carbocycles. The van der Waals surface area contributed by atoms with Gasteiger partial charge in [-0.25, -0.2) is 0 Å². The van der Waals surface area contributed by atoms with E-state index in [1.54, 1.807) is 6.08 Å². The number of hydrogen-bond donors (Lipinski definition) is 0. The monoisotopic (exact) mass is 214 g/mol. The summed E-state index contributed by atoms with van der Waals surface area (Å²) >= 11 is 0. The number of hydrogen-bond acceptors (Lipinski definition) is 0. The standard InChI is InChI=1S/C13H16.C3H6/c1-5-7-12-9-10(3)13(8-6-2)11(12)4;1-3-2/h5-8H,1,4,9H2,2-3H3;3H,1H2,2H3/b8-6-,12-7-;. The Morgan fingerprint density at radius 3 is 2.19 bits per heavy atom. The topological polar surface area (TPSA) is 0 Å². The molecule has 0 N–H and O–H groups in total. The molecule has 16 heavy (non-hydrogen) atoms. The average Bonchev–Trinajstić information content (AvgIpc) is 2.48. The molecule has 0 fully saturated rings. The van der Waals surface area contributed by atoms with E-state index in [1.807, 2.05) is 26.0 Å². The first-order valence-corrected chi connectivity index (χ1v) is 5.53. The summed E-state index contributed by atoms with van der Waals surface area (Å²) in [5.41, 5.74) is 5.13. The lowest BCUT2D eigenvalue weighted by Gasteiger charge is -1.99. The summed E-state index contributed by atoms with van der Waals surface area (Å²) in [6.45, 7) is 17.2. The van der Waals surface area contributed by atoms with Crippen LogP contribution < -0.4 is 0 Å². The van der Waals surface area contributed by atoms with Crippen LogP contribution in [0.25, 0.3) is 0 Å². The maximum absolute atomic E-state index is 4.08. The van der Waals surface area contributed by atoms with E-state index in [1.165, 1.54) is 16.7 Å². The third-order valence-electron chi connectivity index (χ3n) is 2.28. The van der Waals surface area contributed by atoms with Gasteiger partial charge < -0.3 is 0 Å². The van der Waals surface area contributed by atoms with Gasteiger partial charge in [-0.05, 0) is 43.9 Å². The second kappa shape index (κ2) is 7.70. The summed E-state index contributed by atoms with van der Waals surface area (Å²) in [5, 5.41) is 0. The summed E-state index contributed by atoms with van der Waals surface area (Å²) in [6.07, 6.45) is 10.8. The third kappa shape index (κ3) is 3.90. The van der Waals surface area contributed by atoms with E-state index >= 15 is 0 Å². The SMILES string of the molecule is C=C/C=C1/CC(C)=C(/C=C\C)C1=C.C=CC. The van der Waals surface area contributed by atoms with Crippen LogP contribution in [0.4, 0.5) is 0 Å². The highest BCUT2D eigenvalue weighted by Crippen LogP contribution is 2.35. The van der Waals surface area contributed by atoms with Crippen LogP contribution in [0.15, 0.2) is 72.4 Å². The minimum Gasteiger partial charge on any atom is -0.103 e. The smallest absolute Gasteiger partial charge is 0.00547 e. The molecular formula is C16H22. The molecule has 0 heterocycles. The van der Waals surface area contributed by atoms with E-state index in [-0.39, 0.29) is 0 Å². The lowest BCUT2D eigenvalue weighted by atomic mass is 10.1. The van der Waals surface area contributed by atoms with Crippen molar-refractivity contribution in [3.05, 3.63) is 72.4 Å². The molecule has 0 nitrogen and oxygen atoms in total. The second-order valence-corrected chi connectivity index (χ2v) is 3.69. The molecule has 0 spiro atoms. The zero-order valence-electron chi connectivity index (χ0n) is 10.7. The molecule has 0 heteroatoms. The van der Waals surface area contributed by atoms with Crippen molar-refractivity contribution >= 4 is 0 Å². The maximum Gasteiger partial charge on any atom is -0.00547 e. The van der Waals surface area contributed by atoms with E-state index in [2.05, 4.69) is 38.8 Å². The van der Waals surface area contributed by atoms with Crippen LogP contribution in [0, 0.1) is 0 Å². The molecule has 0 aromatic heterocycles. The van der Waals surface area contributed by atoms with E-state index < -0.39 is 0 Å². The zero-order chi connectivity index (χ0) is 12.6.